The number of benzene rings is 9. The van der Waals surface area contributed by atoms with Crippen LogP contribution in [0, 0.1) is 111 Å². The van der Waals surface area contributed by atoms with Gasteiger partial charge in [-0.1, -0.05) is 248 Å². The first-order chi connectivity index (χ1) is 34.9. The van der Waals surface area contributed by atoms with Gasteiger partial charge in [-0.05, 0) is 205 Å². The molecule has 0 unspecified atom stereocenters. The molecular weight excluding hydrogens is 889 g/mol. The fraction of sp³-hybridized carbons (Fsp3) is 0.270. The Balaban J connectivity index is 0.000000195. The van der Waals surface area contributed by atoms with E-state index in [1.54, 1.807) is 0 Å². The van der Waals surface area contributed by atoms with E-state index in [4.69, 9.17) is 0 Å². The molecule has 0 amide bonds. The first kappa shape index (κ1) is 59.5. The highest BCUT2D eigenvalue weighted by Crippen LogP contribution is 2.33. The summed E-state index contributed by atoms with van der Waals surface area (Å²) in [5.41, 5.74) is 31.5. The number of rotatable bonds is 3. The summed E-state index contributed by atoms with van der Waals surface area (Å²) in [4.78, 5) is 0. The van der Waals surface area contributed by atoms with Crippen molar-refractivity contribution in [2.75, 3.05) is 0 Å². The highest BCUT2D eigenvalue weighted by Gasteiger charge is 2.13. The van der Waals surface area contributed by atoms with Crippen molar-refractivity contribution >= 4 is 0 Å². The summed E-state index contributed by atoms with van der Waals surface area (Å²) in [5, 5.41) is 0. The second-order valence-corrected chi connectivity index (χ2v) is 21.7. The molecule has 0 atom stereocenters. The molecular formula is C74H88. The summed E-state index contributed by atoms with van der Waals surface area (Å²) in [6, 6.07) is 66.9. The third-order valence-electron chi connectivity index (χ3n) is 13.6. The highest BCUT2D eigenvalue weighted by atomic mass is 14.2. The van der Waals surface area contributed by atoms with Gasteiger partial charge in [-0.15, -0.1) is 0 Å². The summed E-state index contributed by atoms with van der Waals surface area (Å²) in [6.07, 6.45) is 0. The largest absolute Gasteiger partial charge is 0.0622 e. The molecule has 0 aromatic heterocycles. The van der Waals surface area contributed by atoms with E-state index in [1.807, 2.05) is 6.07 Å². The topological polar surface area (TPSA) is 0 Å². The van der Waals surface area contributed by atoms with Crippen molar-refractivity contribution in [3.63, 3.8) is 0 Å². The van der Waals surface area contributed by atoms with Gasteiger partial charge in [0.25, 0.3) is 0 Å². The van der Waals surface area contributed by atoms with Gasteiger partial charge in [0.1, 0.15) is 0 Å². The van der Waals surface area contributed by atoms with Gasteiger partial charge in [0.2, 0.25) is 0 Å². The van der Waals surface area contributed by atoms with Gasteiger partial charge in [0.05, 0.1) is 0 Å². The molecule has 0 nitrogen and oxygen atoms in total. The van der Waals surface area contributed by atoms with Crippen LogP contribution in [-0.2, 0) is 5.41 Å². The second kappa shape index (κ2) is 28.4. The van der Waals surface area contributed by atoms with Gasteiger partial charge in [-0.25, -0.2) is 0 Å². The summed E-state index contributed by atoms with van der Waals surface area (Å²) in [6.45, 7) is 41.2. The SMILES string of the molecule is Cc1cc(C)c(-c2c(C)cccc2C)c(C)c1.Cc1cc(C)c(C)c(C)c1.Cc1ccc(-c2ccccc2)cc1.Cc1ccc(-c2ccccc2C)c(C)c1.Cc1ccc(C(C)(C)C)cc1.Cc1ccc(C)cc1. The van der Waals surface area contributed by atoms with Crippen LogP contribution in [0.2, 0.25) is 0 Å². The average molecular weight is 978 g/mol. The van der Waals surface area contributed by atoms with Gasteiger partial charge in [0.15, 0.2) is 0 Å². The van der Waals surface area contributed by atoms with Gasteiger partial charge in [-0.2, -0.15) is 0 Å². The van der Waals surface area contributed by atoms with Gasteiger partial charge >= 0.3 is 0 Å². The Hall–Kier alpha value is -7.02. The minimum absolute atomic E-state index is 0.285. The van der Waals surface area contributed by atoms with Crippen LogP contribution in [0.25, 0.3) is 33.4 Å². The quantitative estimate of drug-likeness (QED) is 0.165. The van der Waals surface area contributed by atoms with E-state index in [-0.39, 0.29) is 5.41 Å². The van der Waals surface area contributed by atoms with Gasteiger partial charge in [0, 0.05) is 0 Å². The standard InChI is InChI=1S/C17H20.C15H16.C13H12.C11H16.C10H14.C8H10/c1-11-9-14(4)17(15(5)10-11)16-12(2)7-6-8-13(16)3;1-11-8-9-15(13(3)10-11)14-7-5-4-6-12(14)2;1-11-7-9-13(10-8-11)12-5-3-2-4-6-12;1-9-5-7-10(8-6-9)11(2,3)4;1-7-5-8(2)10(4)9(3)6-7;1-7-3-5-8(2)6-4-7/h6-10H,1-5H3;4-10H,1-3H3;2-10H,1H3;5-8H,1-4H3;5-6H,1-4H3;3-6H,1-2H3. The van der Waals surface area contributed by atoms with Crippen LogP contribution in [-0.4, -0.2) is 0 Å². The Bertz CT molecular complexity index is 3050. The molecule has 74 heavy (non-hydrogen) atoms. The van der Waals surface area contributed by atoms with E-state index < -0.39 is 0 Å². The Labute approximate surface area is 450 Å². The van der Waals surface area contributed by atoms with Crippen molar-refractivity contribution in [1.82, 2.24) is 0 Å². The predicted molar refractivity (Wildman–Crippen MR) is 329 cm³/mol. The zero-order valence-electron chi connectivity index (χ0n) is 48.9. The zero-order valence-corrected chi connectivity index (χ0v) is 48.9. The monoisotopic (exact) mass is 977 g/mol. The van der Waals surface area contributed by atoms with Crippen molar-refractivity contribution in [3.8, 4) is 33.4 Å². The lowest BCUT2D eigenvalue weighted by Crippen LogP contribution is -2.10. The van der Waals surface area contributed by atoms with Crippen LogP contribution < -0.4 is 0 Å². The van der Waals surface area contributed by atoms with Crippen molar-refractivity contribution in [2.24, 2.45) is 0 Å². The Morgan fingerprint density at radius 3 is 1.01 bits per heavy atom. The minimum Gasteiger partial charge on any atom is -0.0622 e. The van der Waals surface area contributed by atoms with Crippen molar-refractivity contribution in [3.05, 3.63) is 283 Å². The summed E-state index contributed by atoms with van der Waals surface area (Å²) in [5.74, 6) is 0. The Morgan fingerprint density at radius 2 is 0.568 bits per heavy atom. The van der Waals surface area contributed by atoms with Gasteiger partial charge < -0.3 is 0 Å². The molecule has 0 saturated heterocycles. The molecule has 9 aromatic rings. The summed E-state index contributed by atoms with van der Waals surface area (Å²) in [7, 11) is 0. The molecule has 0 aliphatic heterocycles. The maximum atomic E-state index is 2.27. The van der Waals surface area contributed by atoms with Crippen LogP contribution in [0.4, 0.5) is 0 Å². The van der Waals surface area contributed by atoms with E-state index in [2.05, 4.69) is 314 Å². The molecule has 0 heterocycles. The van der Waals surface area contributed by atoms with Crippen molar-refractivity contribution in [2.45, 2.75) is 137 Å². The second-order valence-electron chi connectivity index (χ2n) is 21.7. The first-order valence-electron chi connectivity index (χ1n) is 26.5. The molecule has 0 heteroatoms. The summed E-state index contributed by atoms with van der Waals surface area (Å²) < 4.78 is 0. The first-order valence-corrected chi connectivity index (χ1v) is 26.5. The normalized spacial score (nSPS) is 10.4. The zero-order chi connectivity index (χ0) is 54.7. The number of hydrogen-bond donors (Lipinski definition) is 0. The molecule has 0 N–H and O–H groups in total. The van der Waals surface area contributed by atoms with Gasteiger partial charge in [-0.3, -0.25) is 0 Å². The van der Waals surface area contributed by atoms with Crippen LogP contribution >= 0.6 is 0 Å². The summed E-state index contributed by atoms with van der Waals surface area (Å²) >= 11 is 0. The van der Waals surface area contributed by atoms with Crippen molar-refractivity contribution < 1.29 is 0 Å². The van der Waals surface area contributed by atoms with Crippen molar-refractivity contribution in [1.29, 1.82) is 0 Å². The van der Waals surface area contributed by atoms with E-state index >= 15 is 0 Å². The average Bonchev–Trinajstić information content (AvgIpc) is 3.34. The third-order valence-corrected chi connectivity index (χ3v) is 13.6. The smallest absolute Gasteiger partial charge is 0.0120 e. The minimum atomic E-state index is 0.285. The Kier molecular flexibility index (Phi) is 22.9. The Morgan fingerprint density at radius 1 is 0.230 bits per heavy atom. The fourth-order valence-corrected chi connectivity index (χ4v) is 9.09. The lowest BCUT2D eigenvalue weighted by Gasteiger charge is -2.18. The highest BCUT2D eigenvalue weighted by molar-refractivity contribution is 5.77. The molecule has 0 radical (unpaired) electrons. The maximum absolute atomic E-state index is 2.27. The van der Waals surface area contributed by atoms with E-state index in [1.165, 1.54) is 128 Å². The van der Waals surface area contributed by atoms with Crippen LogP contribution in [0.15, 0.2) is 188 Å². The number of hydrogen-bond acceptors (Lipinski definition) is 0. The van der Waals surface area contributed by atoms with E-state index in [0.29, 0.717) is 0 Å². The van der Waals surface area contributed by atoms with E-state index in [0.717, 1.165) is 0 Å². The van der Waals surface area contributed by atoms with Crippen LogP contribution in [0.1, 0.15) is 115 Å². The molecule has 0 bridgehead atoms. The lowest BCUT2D eigenvalue weighted by atomic mass is 9.87. The predicted octanol–water partition coefficient (Wildman–Crippen LogP) is 21.4. The molecule has 0 aliphatic rings. The molecule has 0 saturated carbocycles. The number of aryl methyl sites for hydroxylation is 15. The lowest BCUT2D eigenvalue weighted by molar-refractivity contribution is 0.590. The van der Waals surface area contributed by atoms with Crippen LogP contribution in [0.5, 0.6) is 0 Å². The molecule has 9 rings (SSSR count). The fourth-order valence-electron chi connectivity index (χ4n) is 9.09. The third kappa shape index (κ3) is 18.8. The maximum Gasteiger partial charge on any atom is -0.0120 e. The molecule has 0 spiro atoms. The molecule has 9 aromatic carbocycles. The van der Waals surface area contributed by atoms with E-state index in [9.17, 15) is 0 Å². The molecule has 0 aliphatic carbocycles. The molecule has 0 fully saturated rings. The molecule has 384 valence electrons. The van der Waals surface area contributed by atoms with Crippen LogP contribution in [0.3, 0.4) is 0 Å².